The third kappa shape index (κ3) is 8.61. The zero-order valence-corrected chi connectivity index (χ0v) is 33.8. The van der Waals surface area contributed by atoms with Crippen molar-refractivity contribution in [1.29, 1.82) is 0 Å². The first kappa shape index (κ1) is 40.8. The zero-order chi connectivity index (χ0) is 39.8. The van der Waals surface area contributed by atoms with Gasteiger partial charge in [-0.15, -0.1) is 0 Å². The number of benzene rings is 3. The van der Waals surface area contributed by atoms with Crippen molar-refractivity contribution < 1.29 is 23.9 Å². The van der Waals surface area contributed by atoms with Crippen LogP contribution in [0.1, 0.15) is 62.0 Å². The Labute approximate surface area is 326 Å². The van der Waals surface area contributed by atoms with E-state index in [1.165, 1.54) is 11.5 Å². The summed E-state index contributed by atoms with van der Waals surface area (Å²) in [5.41, 5.74) is 9.90. The Hall–Kier alpha value is -3.87. The molecule has 3 saturated carbocycles. The van der Waals surface area contributed by atoms with Gasteiger partial charge in [-0.2, -0.15) is 5.06 Å². The number of nitrogens with two attached hydrogens (primary N) is 1. The van der Waals surface area contributed by atoms with Crippen molar-refractivity contribution >= 4 is 17.5 Å². The summed E-state index contributed by atoms with van der Waals surface area (Å²) < 4.78 is 16.8. The first-order valence-corrected chi connectivity index (χ1v) is 19.8. The first-order valence-electron chi connectivity index (χ1n) is 19.8. The monoisotopic (exact) mass is 756 g/mol. The van der Waals surface area contributed by atoms with Crippen LogP contribution in [0.25, 0.3) is 11.1 Å². The molecule has 11 heteroatoms. The number of likely N-dealkylation sites (N-methyl/N-ethyl adjacent to an activating group) is 1. The number of hydroxylamine groups is 2. The van der Waals surface area contributed by atoms with Crippen LogP contribution in [0.3, 0.4) is 0 Å². The molecule has 4 aliphatic rings. The number of aliphatic hydroxyl groups excluding tert-OH is 1. The molecule has 3 aromatic carbocycles. The van der Waals surface area contributed by atoms with Gasteiger partial charge in [0.1, 0.15) is 11.9 Å². The molecule has 9 atom stereocenters. The molecule has 1 heterocycles. The van der Waals surface area contributed by atoms with E-state index in [4.69, 9.17) is 10.6 Å². The molecule has 2 amide bonds. The summed E-state index contributed by atoms with van der Waals surface area (Å²) in [5.74, 6) is -0.135. The second-order valence-corrected chi connectivity index (χ2v) is 17.4. The molecule has 3 aliphatic carbocycles. The van der Waals surface area contributed by atoms with E-state index < -0.39 is 30.0 Å². The Kier molecular flexibility index (Phi) is 12.4. The van der Waals surface area contributed by atoms with E-state index >= 15 is 4.39 Å². The number of amides is 2. The Balaban J connectivity index is 1.26. The van der Waals surface area contributed by atoms with E-state index in [2.05, 4.69) is 43.5 Å². The number of halogens is 1. The molecule has 2 bridgehead atoms. The van der Waals surface area contributed by atoms with Gasteiger partial charge >= 0.3 is 0 Å². The molecule has 0 spiro atoms. The van der Waals surface area contributed by atoms with Crippen LogP contribution in [0.15, 0.2) is 66.7 Å². The van der Waals surface area contributed by atoms with Crippen LogP contribution in [0, 0.1) is 34.9 Å². The molecule has 7 rings (SSSR count). The number of hydrogen-bond donors (Lipinski definition) is 4. The maximum Gasteiger partial charge on any atom is 0.251 e. The number of nitrogens with one attached hydrogen (secondary N) is 2. The minimum atomic E-state index is -0.884. The molecule has 1 saturated heterocycles. The van der Waals surface area contributed by atoms with Gasteiger partial charge in [-0.1, -0.05) is 69.3 Å². The van der Waals surface area contributed by atoms with E-state index in [0.29, 0.717) is 53.0 Å². The molecule has 10 nitrogen and oxygen atoms in total. The Bertz CT molecular complexity index is 1820. The number of carbonyl (C=O) groups is 2. The van der Waals surface area contributed by atoms with Crippen molar-refractivity contribution in [2.45, 2.75) is 83.8 Å². The number of nitrogens with zero attached hydrogens (tertiary/aromatic N) is 3. The third-order valence-corrected chi connectivity index (χ3v) is 12.8. The Morgan fingerprint density at radius 2 is 1.78 bits per heavy atom. The highest BCUT2D eigenvalue weighted by Crippen LogP contribution is 2.61. The van der Waals surface area contributed by atoms with Gasteiger partial charge in [0.15, 0.2) is 0 Å². The molecule has 1 aliphatic heterocycles. The number of hydrogen-bond acceptors (Lipinski definition) is 8. The minimum Gasteiger partial charge on any atom is -0.393 e. The number of aliphatic hydroxyl groups is 1. The summed E-state index contributed by atoms with van der Waals surface area (Å²) >= 11 is 0. The van der Waals surface area contributed by atoms with E-state index in [0.717, 1.165) is 17.7 Å². The average molecular weight is 757 g/mol. The summed E-state index contributed by atoms with van der Waals surface area (Å²) in [4.78, 5) is 38.3. The lowest BCUT2D eigenvalue weighted by atomic mass is 9.45. The van der Waals surface area contributed by atoms with Crippen LogP contribution in [-0.4, -0.2) is 98.5 Å². The normalized spacial score (nSPS) is 26.9. The molecule has 5 N–H and O–H groups in total. The molecule has 0 aromatic heterocycles. The molecular weight excluding hydrogens is 696 g/mol. The van der Waals surface area contributed by atoms with Gasteiger partial charge in [-0.25, -0.2) is 4.39 Å². The smallest absolute Gasteiger partial charge is 0.251 e. The van der Waals surface area contributed by atoms with Crippen molar-refractivity contribution in [1.82, 2.24) is 20.6 Å². The standard InChI is InChI=1S/C44H61FN6O4/c1-26-36-21-32(44(36,3)4)22-37(26)48-43(54)41-39(27(2)52)38(23-46)55-51(41)24-29-15-12-16-35(40(29)45)30-18-31(20-34(19-30)50(7)8)42(53)47-33(25-49(5)6)17-28-13-10-9-11-14-28/h9-16,18-20,26-27,32-33,36-39,41,52H,17,21-25,46H2,1-8H3,(H,47,53)(H,48,54)/t26-,27-,32-,33-,36+,37-,38-,39+,41-/m0/s1. The van der Waals surface area contributed by atoms with Crippen LogP contribution < -0.4 is 21.3 Å². The highest BCUT2D eigenvalue weighted by atomic mass is 19.1. The second kappa shape index (κ2) is 16.7. The second-order valence-electron chi connectivity index (χ2n) is 17.4. The van der Waals surface area contributed by atoms with Crippen LogP contribution in [0.2, 0.25) is 0 Å². The lowest BCUT2D eigenvalue weighted by Crippen LogP contribution is -2.62. The highest BCUT2D eigenvalue weighted by molar-refractivity contribution is 5.97. The topological polar surface area (TPSA) is 123 Å². The zero-order valence-electron chi connectivity index (χ0n) is 33.8. The number of rotatable bonds is 14. The van der Waals surface area contributed by atoms with Crippen molar-refractivity contribution in [3.63, 3.8) is 0 Å². The largest absolute Gasteiger partial charge is 0.393 e. The van der Waals surface area contributed by atoms with E-state index in [1.54, 1.807) is 31.2 Å². The molecular formula is C44H61FN6O4. The summed E-state index contributed by atoms with van der Waals surface area (Å²) in [6, 6.07) is 19.6. The van der Waals surface area contributed by atoms with Gasteiger partial charge in [-0.05, 0) is 92.8 Å². The SMILES string of the molecule is C[C@@H]1[C@@H](NC(=O)[C@@H]2[C@H]([C@H](C)O)[C@H](CN)ON2Cc2cccc(-c3cc(C(=O)N[C@@H](Cc4ccccc4)CN(C)C)cc(N(C)C)c3)c2F)C[C@@H]2C[C@H]1C2(C)C. The van der Waals surface area contributed by atoms with Crippen molar-refractivity contribution in [2.75, 3.05) is 46.2 Å². The van der Waals surface area contributed by atoms with Crippen molar-refractivity contribution in [3.05, 3.63) is 89.2 Å². The lowest BCUT2D eigenvalue weighted by Gasteiger charge is -2.62. The number of fused-ring (bicyclic) bond motifs is 2. The maximum atomic E-state index is 16.8. The van der Waals surface area contributed by atoms with Crippen LogP contribution in [0.5, 0.6) is 0 Å². The highest BCUT2D eigenvalue weighted by Gasteiger charge is 2.57. The van der Waals surface area contributed by atoms with Crippen LogP contribution in [0.4, 0.5) is 10.1 Å². The van der Waals surface area contributed by atoms with Crippen LogP contribution >= 0.6 is 0 Å². The fourth-order valence-electron chi connectivity index (χ4n) is 9.55. The van der Waals surface area contributed by atoms with E-state index in [9.17, 15) is 14.7 Å². The molecule has 4 fully saturated rings. The predicted molar refractivity (Wildman–Crippen MR) is 216 cm³/mol. The van der Waals surface area contributed by atoms with E-state index in [1.807, 2.05) is 68.3 Å². The minimum absolute atomic E-state index is 0.0182. The van der Waals surface area contributed by atoms with Gasteiger partial charge in [0, 0.05) is 67.6 Å². The maximum absolute atomic E-state index is 16.8. The number of anilines is 1. The van der Waals surface area contributed by atoms with Gasteiger partial charge in [-0.3, -0.25) is 14.4 Å². The molecule has 0 radical (unpaired) electrons. The van der Waals surface area contributed by atoms with Crippen LogP contribution in [-0.2, 0) is 22.6 Å². The van der Waals surface area contributed by atoms with Crippen molar-refractivity contribution in [3.8, 4) is 11.1 Å². The van der Waals surface area contributed by atoms with Gasteiger partial charge in [0.2, 0.25) is 5.91 Å². The predicted octanol–water partition coefficient (Wildman–Crippen LogP) is 5.09. The fraction of sp³-hybridized carbons (Fsp3) is 0.545. The quantitative estimate of drug-likeness (QED) is 0.180. The Morgan fingerprint density at radius 1 is 1.05 bits per heavy atom. The molecule has 0 unspecified atom stereocenters. The lowest BCUT2D eigenvalue weighted by molar-refractivity contribution is -0.176. The third-order valence-electron chi connectivity index (χ3n) is 12.8. The summed E-state index contributed by atoms with van der Waals surface area (Å²) in [5, 5.41) is 19.0. The summed E-state index contributed by atoms with van der Waals surface area (Å²) in [6.07, 6.45) is 1.27. The first-order chi connectivity index (χ1) is 26.1. The molecule has 3 aromatic rings. The number of carbonyl (C=O) groups excluding carboxylic acids is 2. The van der Waals surface area contributed by atoms with E-state index in [-0.39, 0.29) is 42.4 Å². The molecule has 55 heavy (non-hydrogen) atoms. The van der Waals surface area contributed by atoms with Gasteiger partial charge in [0.25, 0.3) is 5.91 Å². The average Bonchev–Trinajstić information content (AvgIpc) is 3.51. The fourth-order valence-corrected chi connectivity index (χ4v) is 9.55. The van der Waals surface area contributed by atoms with Gasteiger partial charge < -0.3 is 31.3 Å². The summed E-state index contributed by atoms with van der Waals surface area (Å²) in [7, 11) is 7.73. The summed E-state index contributed by atoms with van der Waals surface area (Å²) in [6.45, 7) is 9.23. The Morgan fingerprint density at radius 3 is 2.40 bits per heavy atom. The molecule has 298 valence electrons. The van der Waals surface area contributed by atoms with Crippen molar-refractivity contribution in [2.24, 2.45) is 34.8 Å². The van der Waals surface area contributed by atoms with Gasteiger partial charge in [0.05, 0.1) is 18.8 Å².